The number of hydrogen-bond donors (Lipinski definition) is 2. The van der Waals surface area contributed by atoms with Crippen molar-refractivity contribution in [2.45, 2.75) is 18.2 Å². The van der Waals surface area contributed by atoms with E-state index in [-0.39, 0.29) is 16.7 Å². The van der Waals surface area contributed by atoms with Crippen molar-refractivity contribution in [3.8, 4) is 0 Å². The summed E-state index contributed by atoms with van der Waals surface area (Å²) in [5.41, 5.74) is 2.96. The largest absolute Gasteiger partial charge is 0.326 e. The molecule has 0 spiro atoms. The number of anilines is 3. The van der Waals surface area contributed by atoms with Gasteiger partial charge in [-0.2, -0.15) is 0 Å². The lowest BCUT2D eigenvalue weighted by Gasteiger charge is -2.18. The molecule has 0 radical (unpaired) electrons. The Balaban J connectivity index is 1.56. The molecule has 1 aliphatic rings. The molecule has 3 aromatic rings. The zero-order chi connectivity index (χ0) is 22.0. The van der Waals surface area contributed by atoms with Crippen LogP contribution in [0.3, 0.4) is 0 Å². The van der Waals surface area contributed by atoms with E-state index in [1.807, 2.05) is 18.2 Å². The molecule has 2 amide bonds. The van der Waals surface area contributed by atoms with Crippen LogP contribution in [0.25, 0.3) is 0 Å². The second kappa shape index (κ2) is 8.23. The van der Waals surface area contributed by atoms with Crippen LogP contribution in [0.15, 0.2) is 77.7 Å². The van der Waals surface area contributed by atoms with Gasteiger partial charge in [-0.05, 0) is 60.5 Å². The number of fused-ring (bicyclic) bond motifs is 1. The van der Waals surface area contributed by atoms with Gasteiger partial charge in [0.15, 0.2) is 0 Å². The zero-order valence-corrected chi connectivity index (χ0v) is 17.6. The molecule has 0 aromatic heterocycles. The fraction of sp³-hybridized carbons (Fsp3) is 0.130. The van der Waals surface area contributed by atoms with Crippen molar-refractivity contribution in [3.63, 3.8) is 0 Å². The lowest BCUT2D eigenvalue weighted by atomic mass is 10.1. The van der Waals surface area contributed by atoms with E-state index in [4.69, 9.17) is 0 Å². The molecule has 7 nitrogen and oxygen atoms in total. The van der Waals surface area contributed by atoms with Gasteiger partial charge >= 0.3 is 0 Å². The third-order valence-electron chi connectivity index (χ3n) is 4.96. The van der Waals surface area contributed by atoms with E-state index >= 15 is 0 Å². The van der Waals surface area contributed by atoms with E-state index in [0.717, 1.165) is 11.3 Å². The highest BCUT2D eigenvalue weighted by Gasteiger charge is 2.27. The summed E-state index contributed by atoms with van der Waals surface area (Å²) >= 11 is 0. The van der Waals surface area contributed by atoms with E-state index in [1.54, 1.807) is 53.4 Å². The summed E-state index contributed by atoms with van der Waals surface area (Å²) in [5.74, 6) is -0.351. The van der Waals surface area contributed by atoms with E-state index < -0.39 is 10.0 Å². The number of sulfonamides is 1. The molecular formula is C23H21N3O4S. The van der Waals surface area contributed by atoms with Gasteiger partial charge in [0.25, 0.3) is 15.9 Å². The minimum atomic E-state index is -3.84. The average Bonchev–Trinajstić information content (AvgIpc) is 3.16. The molecule has 4 rings (SSSR count). The van der Waals surface area contributed by atoms with Crippen molar-refractivity contribution in [3.05, 3.63) is 83.9 Å². The highest BCUT2D eigenvalue weighted by atomic mass is 32.2. The lowest BCUT2D eigenvalue weighted by Crippen LogP contribution is -2.28. The highest BCUT2D eigenvalue weighted by molar-refractivity contribution is 7.92. The Morgan fingerprint density at radius 1 is 0.903 bits per heavy atom. The number of nitrogens with one attached hydrogen (secondary N) is 2. The third kappa shape index (κ3) is 4.44. The molecule has 8 heteroatoms. The average molecular weight is 436 g/mol. The van der Waals surface area contributed by atoms with Gasteiger partial charge in [0.1, 0.15) is 0 Å². The van der Waals surface area contributed by atoms with Crippen LogP contribution in [-0.2, 0) is 21.2 Å². The molecule has 1 heterocycles. The first-order valence-electron chi connectivity index (χ1n) is 9.74. The maximum Gasteiger partial charge on any atom is 0.261 e. The van der Waals surface area contributed by atoms with Crippen LogP contribution >= 0.6 is 0 Å². The second-order valence-electron chi connectivity index (χ2n) is 7.23. The van der Waals surface area contributed by atoms with Gasteiger partial charge in [-0.1, -0.05) is 24.3 Å². The van der Waals surface area contributed by atoms with Gasteiger partial charge < -0.3 is 10.2 Å². The van der Waals surface area contributed by atoms with Gasteiger partial charge in [0.05, 0.1) is 10.6 Å². The normalized spacial score (nSPS) is 12.9. The number of hydrogen-bond acceptors (Lipinski definition) is 4. The number of benzene rings is 3. The van der Waals surface area contributed by atoms with E-state index in [1.165, 1.54) is 13.0 Å². The van der Waals surface area contributed by atoms with E-state index in [9.17, 15) is 18.0 Å². The molecule has 1 aliphatic heterocycles. The monoisotopic (exact) mass is 435 g/mol. The summed E-state index contributed by atoms with van der Waals surface area (Å²) in [6, 6.07) is 20.3. The van der Waals surface area contributed by atoms with Gasteiger partial charge in [0, 0.05) is 30.4 Å². The van der Waals surface area contributed by atoms with Gasteiger partial charge in [-0.25, -0.2) is 8.42 Å². The maximum absolute atomic E-state index is 12.9. The number of rotatable bonds is 5. The molecule has 0 atom stereocenters. The first kappa shape index (κ1) is 20.6. The van der Waals surface area contributed by atoms with Crippen LogP contribution < -0.4 is 14.9 Å². The smallest absolute Gasteiger partial charge is 0.261 e. The number of carbonyl (C=O) groups excluding carboxylic acids is 2. The van der Waals surface area contributed by atoms with Crippen molar-refractivity contribution < 1.29 is 18.0 Å². The molecule has 0 unspecified atom stereocenters. The van der Waals surface area contributed by atoms with Crippen LogP contribution in [0, 0.1) is 0 Å². The fourth-order valence-corrected chi connectivity index (χ4v) is 4.67. The molecule has 158 valence electrons. The molecular weight excluding hydrogens is 414 g/mol. The van der Waals surface area contributed by atoms with Crippen molar-refractivity contribution in [2.24, 2.45) is 0 Å². The Labute approximate surface area is 180 Å². The van der Waals surface area contributed by atoms with Crippen LogP contribution in [0.5, 0.6) is 0 Å². The molecule has 0 fully saturated rings. The molecule has 2 N–H and O–H groups in total. The summed E-state index contributed by atoms with van der Waals surface area (Å²) < 4.78 is 28.3. The molecule has 3 aromatic carbocycles. The summed E-state index contributed by atoms with van der Waals surface area (Å²) in [6.45, 7) is 1.88. The van der Waals surface area contributed by atoms with E-state index in [2.05, 4.69) is 10.0 Å². The molecule has 0 saturated carbocycles. The maximum atomic E-state index is 12.9. The van der Waals surface area contributed by atoms with Crippen molar-refractivity contribution in [1.82, 2.24) is 0 Å². The van der Waals surface area contributed by atoms with Crippen molar-refractivity contribution in [1.29, 1.82) is 0 Å². The predicted molar refractivity (Wildman–Crippen MR) is 120 cm³/mol. The molecule has 0 saturated heterocycles. The van der Waals surface area contributed by atoms with E-state index in [0.29, 0.717) is 29.9 Å². The van der Waals surface area contributed by atoms with Crippen LogP contribution in [0.1, 0.15) is 22.8 Å². The van der Waals surface area contributed by atoms with Gasteiger partial charge in [0.2, 0.25) is 5.91 Å². The van der Waals surface area contributed by atoms with Gasteiger partial charge in [-0.15, -0.1) is 0 Å². The Bertz CT molecular complexity index is 1260. The zero-order valence-electron chi connectivity index (χ0n) is 16.8. The summed E-state index contributed by atoms with van der Waals surface area (Å²) in [5, 5.41) is 2.62. The molecule has 0 aliphatic carbocycles. The van der Waals surface area contributed by atoms with Crippen LogP contribution in [0.4, 0.5) is 17.1 Å². The number of amides is 2. The van der Waals surface area contributed by atoms with Crippen molar-refractivity contribution >= 4 is 38.9 Å². The van der Waals surface area contributed by atoms with Crippen LogP contribution in [0.2, 0.25) is 0 Å². The Hall–Kier alpha value is -3.65. The van der Waals surface area contributed by atoms with Gasteiger partial charge in [-0.3, -0.25) is 14.3 Å². The quantitative estimate of drug-likeness (QED) is 0.640. The second-order valence-corrected chi connectivity index (χ2v) is 8.91. The lowest BCUT2D eigenvalue weighted by molar-refractivity contribution is -0.114. The number of carbonyl (C=O) groups is 2. The fourth-order valence-electron chi connectivity index (χ4n) is 3.57. The Morgan fingerprint density at radius 2 is 1.65 bits per heavy atom. The van der Waals surface area contributed by atoms with Crippen LogP contribution in [-0.4, -0.2) is 26.8 Å². The SMILES string of the molecule is CC(=O)Nc1cccc(NS(=O)(=O)c2ccc3c(c2)CCN3C(=O)c2ccccc2)c1. The summed E-state index contributed by atoms with van der Waals surface area (Å²) in [4.78, 5) is 25.8. The minimum Gasteiger partial charge on any atom is -0.326 e. The Morgan fingerprint density at radius 3 is 2.39 bits per heavy atom. The molecule has 0 bridgehead atoms. The standard InChI is InChI=1S/C23H21N3O4S/c1-16(27)24-19-8-5-9-20(15-19)25-31(29,30)21-10-11-22-18(14-21)12-13-26(22)23(28)17-6-3-2-4-7-17/h2-11,14-15,25H,12-13H2,1H3,(H,24,27). The summed E-state index contributed by atoms with van der Waals surface area (Å²) in [6.07, 6.45) is 0.579. The Kier molecular flexibility index (Phi) is 5.48. The summed E-state index contributed by atoms with van der Waals surface area (Å²) in [7, 11) is -3.84. The highest BCUT2D eigenvalue weighted by Crippen LogP contribution is 2.32. The third-order valence-corrected chi connectivity index (χ3v) is 6.34. The topological polar surface area (TPSA) is 95.6 Å². The first-order chi connectivity index (χ1) is 14.8. The first-order valence-corrected chi connectivity index (χ1v) is 11.2. The van der Waals surface area contributed by atoms with Crippen molar-refractivity contribution in [2.75, 3.05) is 21.5 Å². The predicted octanol–water partition coefficient (Wildman–Crippen LogP) is 3.65. The minimum absolute atomic E-state index is 0.108. The number of nitrogens with zero attached hydrogens (tertiary/aromatic N) is 1. The molecule has 31 heavy (non-hydrogen) atoms.